The van der Waals surface area contributed by atoms with Gasteiger partial charge in [0, 0.05) is 48.6 Å². The van der Waals surface area contributed by atoms with Gasteiger partial charge in [0.25, 0.3) is 11.8 Å². The van der Waals surface area contributed by atoms with E-state index in [0.29, 0.717) is 11.3 Å². The Kier molecular flexibility index (Phi) is 5.80. The molecule has 8 heteroatoms. The first-order valence-electron chi connectivity index (χ1n) is 8.24. The Morgan fingerprint density at radius 3 is 2.33 bits per heavy atom. The normalized spacial score (nSPS) is 11.4. The van der Waals surface area contributed by atoms with E-state index in [0.717, 1.165) is 5.56 Å². The van der Waals surface area contributed by atoms with Crippen LogP contribution in [0, 0.1) is 0 Å². The topological polar surface area (TPSA) is 123 Å². The summed E-state index contributed by atoms with van der Waals surface area (Å²) in [6.45, 7) is 0.234. The Labute approximate surface area is 155 Å². The molecular formula is C19H18N6O2. The highest BCUT2D eigenvalue weighted by atomic mass is 16.2. The van der Waals surface area contributed by atoms with E-state index in [9.17, 15) is 9.59 Å². The molecule has 0 saturated carbocycles. The van der Waals surface area contributed by atoms with Gasteiger partial charge < -0.3 is 16.4 Å². The average Bonchev–Trinajstić information content (AvgIpc) is 2.73. The van der Waals surface area contributed by atoms with Gasteiger partial charge in [-0.05, 0) is 29.8 Å². The maximum atomic E-state index is 12.2. The molecule has 8 nitrogen and oxygen atoms in total. The van der Waals surface area contributed by atoms with Crippen molar-refractivity contribution in [2.24, 2.45) is 5.73 Å². The smallest absolute Gasteiger partial charge is 0.271 e. The second kappa shape index (κ2) is 8.63. The van der Waals surface area contributed by atoms with Gasteiger partial charge in [-0.15, -0.1) is 0 Å². The molecule has 2 aromatic heterocycles. The number of carbonyl (C=O) groups excluding carboxylic acids is 2. The molecule has 0 fully saturated rings. The van der Waals surface area contributed by atoms with E-state index in [1.54, 1.807) is 48.8 Å². The number of anilines is 1. The van der Waals surface area contributed by atoms with Crippen LogP contribution in [0.1, 0.15) is 32.5 Å². The summed E-state index contributed by atoms with van der Waals surface area (Å²) in [6.07, 6.45) is 7.54. The molecule has 2 amide bonds. The molecule has 1 unspecified atom stereocenters. The largest absolute Gasteiger partial charge is 0.349 e. The zero-order chi connectivity index (χ0) is 19.1. The highest BCUT2D eigenvalue weighted by molar-refractivity contribution is 6.04. The number of carbonyl (C=O) groups is 2. The number of aromatic nitrogens is 3. The molecule has 3 aromatic rings. The Morgan fingerprint density at radius 1 is 0.926 bits per heavy atom. The molecule has 0 spiro atoms. The predicted octanol–water partition coefficient (Wildman–Crippen LogP) is 1.55. The summed E-state index contributed by atoms with van der Waals surface area (Å²) in [4.78, 5) is 35.9. The molecule has 0 aliphatic heterocycles. The van der Waals surface area contributed by atoms with Crippen LogP contribution < -0.4 is 16.4 Å². The van der Waals surface area contributed by atoms with E-state index >= 15 is 0 Å². The van der Waals surface area contributed by atoms with E-state index < -0.39 is 6.04 Å². The lowest BCUT2D eigenvalue weighted by atomic mass is 10.0. The lowest BCUT2D eigenvalue weighted by molar-refractivity contribution is 0.0945. The van der Waals surface area contributed by atoms with Gasteiger partial charge in [-0.25, -0.2) is 4.98 Å². The van der Waals surface area contributed by atoms with Crippen molar-refractivity contribution >= 4 is 17.5 Å². The highest BCUT2D eigenvalue weighted by Crippen LogP contribution is 2.13. The standard InChI is InChI=1S/C19H18N6O2/c20-16(11-24-19(27)17-12-22-9-10-23-17)13-1-3-14(4-2-13)18(26)25-15-5-7-21-8-6-15/h1-10,12,16H,11,20H2,(H,24,27)(H,21,25,26). The van der Waals surface area contributed by atoms with Gasteiger partial charge in [-0.1, -0.05) is 12.1 Å². The van der Waals surface area contributed by atoms with Gasteiger partial charge in [0.1, 0.15) is 5.69 Å². The van der Waals surface area contributed by atoms with E-state index in [2.05, 4.69) is 25.6 Å². The molecular weight excluding hydrogens is 344 g/mol. The van der Waals surface area contributed by atoms with Gasteiger partial charge >= 0.3 is 0 Å². The zero-order valence-corrected chi connectivity index (χ0v) is 14.4. The van der Waals surface area contributed by atoms with Crippen LogP contribution in [0.5, 0.6) is 0 Å². The summed E-state index contributed by atoms with van der Waals surface area (Å²) in [5.74, 6) is -0.566. The van der Waals surface area contributed by atoms with Crippen molar-refractivity contribution in [2.75, 3.05) is 11.9 Å². The van der Waals surface area contributed by atoms with E-state index in [1.165, 1.54) is 18.6 Å². The third-order valence-corrected chi connectivity index (χ3v) is 3.82. The van der Waals surface area contributed by atoms with Gasteiger partial charge in [-0.2, -0.15) is 0 Å². The third-order valence-electron chi connectivity index (χ3n) is 3.82. The average molecular weight is 362 g/mol. The van der Waals surface area contributed by atoms with Crippen molar-refractivity contribution in [1.29, 1.82) is 0 Å². The Bertz CT molecular complexity index is 901. The summed E-state index contributed by atoms with van der Waals surface area (Å²) in [5.41, 5.74) is 8.32. The zero-order valence-electron chi connectivity index (χ0n) is 14.4. The summed E-state index contributed by atoms with van der Waals surface area (Å²) >= 11 is 0. The fourth-order valence-electron chi connectivity index (χ4n) is 2.35. The first kappa shape index (κ1) is 18.2. The van der Waals surface area contributed by atoms with Crippen LogP contribution >= 0.6 is 0 Å². The van der Waals surface area contributed by atoms with Crippen LogP contribution in [0.25, 0.3) is 0 Å². The van der Waals surface area contributed by atoms with Crippen molar-refractivity contribution in [3.05, 3.63) is 84.2 Å². The first-order chi connectivity index (χ1) is 13.1. The molecule has 2 heterocycles. The van der Waals surface area contributed by atoms with E-state index in [4.69, 9.17) is 5.73 Å². The molecule has 27 heavy (non-hydrogen) atoms. The van der Waals surface area contributed by atoms with Crippen LogP contribution in [0.3, 0.4) is 0 Å². The van der Waals surface area contributed by atoms with E-state index in [-0.39, 0.29) is 24.1 Å². The second-order valence-electron chi connectivity index (χ2n) is 5.72. The Morgan fingerprint density at radius 2 is 1.67 bits per heavy atom. The Hall–Kier alpha value is -3.65. The summed E-state index contributed by atoms with van der Waals surface area (Å²) in [7, 11) is 0. The molecule has 0 aliphatic carbocycles. The maximum Gasteiger partial charge on any atom is 0.271 e. The van der Waals surface area contributed by atoms with Gasteiger partial charge in [0.2, 0.25) is 0 Å². The van der Waals surface area contributed by atoms with Gasteiger partial charge in [-0.3, -0.25) is 19.6 Å². The van der Waals surface area contributed by atoms with Crippen molar-refractivity contribution in [3.8, 4) is 0 Å². The van der Waals surface area contributed by atoms with Crippen molar-refractivity contribution in [3.63, 3.8) is 0 Å². The van der Waals surface area contributed by atoms with Crippen molar-refractivity contribution in [2.45, 2.75) is 6.04 Å². The number of nitrogens with two attached hydrogens (primary N) is 1. The number of hydrogen-bond acceptors (Lipinski definition) is 6. The quantitative estimate of drug-likeness (QED) is 0.611. The maximum absolute atomic E-state index is 12.2. The minimum Gasteiger partial charge on any atom is -0.349 e. The molecule has 3 rings (SSSR count). The molecule has 0 bridgehead atoms. The lowest BCUT2D eigenvalue weighted by Gasteiger charge is -2.13. The van der Waals surface area contributed by atoms with Crippen LogP contribution in [0.2, 0.25) is 0 Å². The van der Waals surface area contributed by atoms with Gasteiger partial charge in [0.05, 0.1) is 6.20 Å². The van der Waals surface area contributed by atoms with E-state index in [1.807, 2.05) is 0 Å². The number of pyridine rings is 1. The van der Waals surface area contributed by atoms with Crippen LogP contribution in [-0.4, -0.2) is 33.3 Å². The predicted molar refractivity (Wildman–Crippen MR) is 99.9 cm³/mol. The number of benzene rings is 1. The fraction of sp³-hybridized carbons (Fsp3) is 0.105. The second-order valence-corrected chi connectivity index (χ2v) is 5.72. The van der Waals surface area contributed by atoms with Crippen LogP contribution in [-0.2, 0) is 0 Å². The number of rotatable bonds is 6. The number of nitrogens with zero attached hydrogens (tertiary/aromatic N) is 3. The molecule has 0 radical (unpaired) electrons. The number of hydrogen-bond donors (Lipinski definition) is 3. The monoisotopic (exact) mass is 362 g/mol. The summed E-state index contributed by atoms with van der Waals surface area (Å²) in [6, 6.07) is 9.92. The molecule has 1 aromatic carbocycles. The highest BCUT2D eigenvalue weighted by Gasteiger charge is 2.12. The molecule has 4 N–H and O–H groups in total. The number of nitrogens with one attached hydrogen (secondary N) is 2. The minimum atomic E-state index is -0.414. The molecule has 0 saturated heterocycles. The number of amides is 2. The van der Waals surface area contributed by atoms with Crippen molar-refractivity contribution < 1.29 is 9.59 Å². The van der Waals surface area contributed by atoms with Crippen LogP contribution in [0.4, 0.5) is 5.69 Å². The van der Waals surface area contributed by atoms with Crippen molar-refractivity contribution in [1.82, 2.24) is 20.3 Å². The van der Waals surface area contributed by atoms with Gasteiger partial charge in [0.15, 0.2) is 0 Å². The fourth-order valence-corrected chi connectivity index (χ4v) is 2.35. The summed E-state index contributed by atoms with van der Waals surface area (Å²) in [5, 5.41) is 5.50. The van der Waals surface area contributed by atoms with Crippen LogP contribution in [0.15, 0.2) is 67.4 Å². The molecule has 0 aliphatic rings. The summed E-state index contributed by atoms with van der Waals surface area (Å²) < 4.78 is 0. The SMILES string of the molecule is NC(CNC(=O)c1cnccn1)c1ccc(C(=O)Nc2ccncc2)cc1. The third kappa shape index (κ3) is 4.93. The molecule has 136 valence electrons. The first-order valence-corrected chi connectivity index (χ1v) is 8.24. The molecule has 1 atom stereocenters. The minimum absolute atomic E-state index is 0.225. The lowest BCUT2D eigenvalue weighted by Crippen LogP contribution is -2.32. The Balaban J connectivity index is 1.56.